The second-order valence-corrected chi connectivity index (χ2v) is 6.73. The molecule has 26 heavy (non-hydrogen) atoms. The third-order valence-corrected chi connectivity index (χ3v) is 4.58. The fourth-order valence-electron chi connectivity index (χ4n) is 2.97. The zero-order valence-electron chi connectivity index (χ0n) is 15.0. The van der Waals surface area contributed by atoms with Gasteiger partial charge in [-0.1, -0.05) is 11.6 Å². The van der Waals surface area contributed by atoms with Crippen LogP contribution in [-0.2, 0) is 14.3 Å². The van der Waals surface area contributed by atoms with Crippen molar-refractivity contribution >= 4 is 29.4 Å². The van der Waals surface area contributed by atoms with Gasteiger partial charge in [-0.25, -0.2) is 0 Å². The third-order valence-electron chi connectivity index (χ3n) is 4.33. The lowest BCUT2D eigenvalue weighted by molar-refractivity contribution is -0.143. The maximum Gasteiger partial charge on any atom is 0.305 e. The molecule has 0 spiro atoms. The topological polar surface area (TPSA) is 75.7 Å². The molecule has 6 nitrogen and oxygen atoms in total. The van der Waals surface area contributed by atoms with E-state index in [2.05, 4.69) is 5.32 Å². The van der Waals surface area contributed by atoms with Crippen LogP contribution in [0.5, 0.6) is 0 Å². The van der Waals surface area contributed by atoms with Crippen LogP contribution in [0.15, 0.2) is 24.3 Å². The summed E-state index contributed by atoms with van der Waals surface area (Å²) in [4.78, 5) is 37.9. The molecule has 0 saturated carbocycles. The first-order chi connectivity index (χ1) is 12.5. The molecule has 7 heteroatoms. The van der Waals surface area contributed by atoms with E-state index in [1.165, 1.54) is 0 Å². The van der Waals surface area contributed by atoms with Gasteiger partial charge in [0, 0.05) is 36.6 Å². The van der Waals surface area contributed by atoms with Crippen molar-refractivity contribution in [2.24, 2.45) is 5.92 Å². The van der Waals surface area contributed by atoms with Crippen LogP contribution in [0, 0.1) is 5.92 Å². The molecule has 142 valence electrons. The fourth-order valence-corrected chi connectivity index (χ4v) is 3.10. The molecule has 1 heterocycles. The van der Waals surface area contributed by atoms with Crippen molar-refractivity contribution in [3.63, 3.8) is 0 Å². The summed E-state index contributed by atoms with van der Waals surface area (Å²) in [6, 6.07) is 6.77. The summed E-state index contributed by atoms with van der Waals surface area (Å²) in [7, 11) is 0. The molecular weight excluding hydrogens is 356 g/mol. The van der Waals surface area contributed by atoms with E-state index >= 15 is 0 Å². The smallest absolute Gasteiger partial charge is 0.305 e. The van der Waals surface area contributed by atoms with Crippen molar-refractivity contribution in [3.8, 4) is 0 Å². The predicted octanol–water partition coefficient (Wildman–Crippen LogP) is 2.65. The average Bonchev–Trinajstić information content (AvgIpc) is 2.65. The zero-order chi connectivity index (χ0) is 18.9. The number of carbonyl (C=O) groups is 3. The van der Waals surface area contributed by atoms with Crippen molar-refractivity contribution in [3.05, 3.63) is 34.9 Å². The summed E-state index contributed by atoms with van der Waals surface area (Å²) in [5.41, 5.74) is 0.574. The molecule has 1 aromatic rings. The number of nitrogens with one attached hydrogen (secondary N) is 1. The van der Waals surface area contributed by atoms with Crippen LogP contribution in [-0.4, -0.2) is 48.9 Å². The van der Waals surface area contributed by atoms with Gasteiger partial charge in [-0.15, -0.1) is 0 Å². The largest absolute Gasteiger partial charge is 0.466 e. The molecule has 1 saturated heterocycles. The van der Waals surface area contributed by atoms with E-state index in [-0.39, 0.29) is 23.7 Å². The minimum atomic E-state index is -0.251. The van der Waals surface area contributed by atoms with Gasteiger partial charge in [0.05, 0.1) is 12.5 Å². The highest BCUT2D eigenvalue weighted by Gasteiger charge is 2.28. The molecule has 1 atom stereocenters. The van der Waals surface area contributed by atoms with Crippen LogP contribution >= 0.6 is 11.6 Å². The molecule has 0 aliphatic carbocycles. The molecule has 1 aromatic carbocycles. The zero-order valence-corrected chi connectivity index (χ0v) is 15.8. The molecular formula is C19H25ClN2O4. The number of halogens is 1. The Balaban J connectivity index is 1.79. The van der Waals surface area contributed by atoms with Crippen LogP contribution in [0.4, 0.5) is 0 Å². The Labute approximate surface area is 158 Å². The average molecular weight is 381 g/mol. The Morgan fingerprint density at radius 2 is 2.00 bits per heavy atom. The standard InChI is InChI=1S/C19H25ClN2O4/c1-2-26-17(23)6-3-11-21-18(24)15-5-4-12-22(13-15)19(25)14-7-9-16(20)10-8-14/h7-10,15H,2-6,11-13H2,1H3,(H,21,24). The Morgan fingerprint density at radius 1 is 1.27 bits per heavy atom. The molecule has 0 radical (unpaired) electrons. The lowest BCUT2D eigenvalue weighted by atomic mass is 9.96. The molecule has 2 rings (SSSR count). The number of ether oxygens (including phenoxy) is 1. The maximum atomic E-state index is 12.6. The quantitative estimate of drug-likeness (QED) is 0.582. The van der Waals surface area contributed by atoms with Gasteiger partial charge in [0.25, 0.3) is 5.91 Å². The van der Waals surface area contributed by atoms with Crippen LogP contribution in [0.25, 0.3) is 0 Å². The number of nitrogens with zero attached hydrogens (tertiary/aromatic N) is 1. The number of esters is 1. The Hall–Kier alpha value is -2.08. The van der Waals surface area contributed by atoms with Crippen molar-refractivity contribution in [2.75, 3.05) is 26.2 Å². The molecule has 0 aromatic heterocycles. The van der Waals surface area contributed by atoms with Gasteiger partial charge in [-0.05, 0) is 50.5 Å². The summed E-state index contributed by atoms with van der Waals surface area (Å²) in [6.07, 6.45) is 2.39. The van der Waals surface area contributed by atoms with Gasteiger partial charge in [0.15, 0.2) is 0 Å². The van der Waals surface area contributed by atoms with Gasteiger partial charge >= 0.3 is 5.97 Å². The molecule has 0 bridgehead atoms. The van der Waals surface area contributed by atoms with E-state index in [4.69, 9.17) is 16.3 Å². The van der Waals surface area contributed by atoms with E-state index in [0.717, 1.165) is 12.8 Å². The Bertz CT molecular complexity index is 633. The van der Waals surface area contributed by atoms with Gasteiger partial charge < -0.3 is 15.0 Å². The van der Waals surface area contributed by atoms with Crippen molar-refractivity contribution in [2.45, 2.75) is 32.6 Å². The highest BCUT2D eigenvalue weighted by Crippen LogP contribution is 2.20. The van der Waals surface area contributed by atoms with Gasteiger partial charge in [0.2, 0.25) is 5.91 Å². The number of hydrogen-bond acceptors (Lipinski definition) is 4. The number of benzene rings is 1. The highest BCUT2D eigenvalue weighted by atomic mass is 35.5. The summed E-state index contributed by atoms with van der Waals surface area (Å²) in [5, 5.41) is 3.44. The monoisotopic (exact) mass is 380 g/mol. The van der Waals surface area contributed by atoms with E-state index in [1.807, 2.05) is 0 Å². The molecule has 1 aliphatic heterocycles. The summed E-state index contributed by atoms with van der Waals surface area (Å²) < 4.78 is 4.85. The number of likely N-dealkylation sites (tertiary alicyclic amines) is 1. The van der Waals surface area contributed by atoms with Crippen LogP contribution in [0.1, 0.15) is 43.0 Å². The van der Waals surface area contributed by atoms with Gasteiger partial charge in [-0.2, -0.15) is 0 Å². The number of piperidine rings is 1. The van der Waals surface area contributed by atoms with Gasteiger partial charge in [0.1, 0.15) is 0 Å². The first kappa shape index (κ1) is 20.2. The SMILES string of the molecule is CCOC(=O)CCCNC(=O)C1CCCN(C(=O)c2ccc(Cl)cc2)C1. The Morgan fingerprint density at radius 3 is 2.69 bits per heavy atom. The molecule has 2 amide bonds. The van der Waals surface area contributed by atoms with Gasteiger partial charge in [-0.3, -0.25) is 14.4 Å². The molecule has 1 unspecified atom stereocenters. The number of hydrogen-bond donors (Lipinski definition) is 1. The maximum absolute atomic E-state index is 12.6. The fraction of sp³-hybridized carbons (Fsp3) is 0.526. The first-order valence-corrected chi connectivity index (χ1v) is 9.37. The summed E-state index contributed by atoms with van der Waals surface area (Å²) >= 11 is 5.86. The number of carbonyl (C=O) groups excluding carboxylic acids is 3. The van der Waals surface area contributed by atoms with E-state index < -0.39 is 0 Å². The molecule has 1 fully saturated rings. The lowest BCUT2D eigenvalue weighted by Gasteiger charge is -2.32. The van der Waals surface area contributed by atoms with Crippen molar-refractivity contribution < 1.29 is 19.1 Å². The van der Waals surface area contributed by atoms with Crippen molar-refractivity contribution in [1.82, 2.24) is 10.2 Å². The van der Waals surface area contributed by atoms with Crippen LogP contribution in [0.2, 0.25) is 5.02 Å². The van der Waals surface area contributed by atoms with E-state index in [0.29, 0.717) is 49.7 Å². The second kappa shape index (κ2) is 10.2. The normalized spacial score (nSPS) is 16.8. The van der Waals surface area contributed by atoms with E-state index in [1.54, 1.807) is 36.1 Å². The summed E-state index contributed by atoms with van der Waals surface area (Å²) in [5.74, 6) is -0.620. The van der Waals surface area contributed by atoms with E-state index in [9.17, 15) is 14.4 Å². The number of rotatable bonds is 7. The minimum Gasteiger partial charge on any atom is -0.466 e. The second-order valence-electron chi connectivity index (χ2n) is 6.30. The predicted molar refractivity (Wildman–Crippen MR) is 99.0 cm³/mol. The Kier molecular flexibility index (Phi) is 7.91. The molecule has 1 N–H and O–H groups in total. The van der Waals surface area contributed by atoms with Crippen LogP contribution < -0.4 is 5.32 Å². The minimum absolute atomic E-state index is 0.0672. The van der Waals surface area contributed by atoms with Crippen molar-refractivity contribution in [1.29, 1.82) is 0 Å². The highest BCUT2D eigenvalue weighted by molar-refractivity contribution is 6.30. The first-order valence-electron chi connectivity index (χ1n) is 8.99. The third kappa shape index (κ3) is 6.02. The molecule has 1 aliphatic rings. The lowest BCUT2D eigenvalue weighted by Crippen LogP contribution is -2.45. The van der Waals surface area contributed by atoms with Crippen LogP contribution in [0.3, 0.4) is 0 Å². The number of amides is 2. The summed E-state index contributed by atoms with van der Waals surface area (Å²) in [6.45, 7) is 3.61.